The van der Waals surface area contributed by atoms with E-state index in [1.54, 1.807) is 0 Å². The first-order valence-electron chi connectivity index (χ1n) is 12.4. The van der Waals surface area contributed by atoms with Gasteiger partial charge in [-0.05, 0) is 70.8 Å². The average Bonchev–Trinajstić information content (AvgIpc) is 2.96. The fourth-order valence-electron chi connectivity index (χ4n) is 5.52. The van der Waals surface area contributed by atoms with Crippen LogP contribution in [0.2, 0.25) is 0 Å². The maximum absolute atomic E-state index is 12.8. The molecule has 176 valence electrons. The van der Waals surface area contributed by atoms with Gasteiger partial charge < -0.3 is 24.5 Å². The van der Waals surface area contributed by atoms with Crippen molar-refractivity contribution in [3.63, 3.8) is 0 Å². The minimum Gasteiger partial charge on any atom is -0.487 e. The summed E-state index contributed by atoms with van der Waals surface area (Å²) >= 11 is 0. The quantitative estimate of drug-likeness (QED) is 0.583. The second-order valence-electron chi connectivity index (χ2n) is 9.46. The molecule has 1 fully saturated rings. The highest BCUT2D eigenvalue weighted by molar-refractivity contribution is 6.00. The van der Waals surface area contributed by atoms with Crippen LogP contribution in [-0.4, -0.2) is 47.7 Å². The lowest BCUT2D eigenvalue weighted by atomic mass is 9.82. The van der Waals surface area contributed by atoms with Gasteiger partial charge in [0.2, 0.25) is 0 Å². The summed E-state index contributed by atoms with van der Waals surface area (Å²) in [6.45, 7) is 9.81. The summed E-state index contributed by atoms with van der Waals surface area (Å²) in [5, 5.41) is 15.0. The molecule has 32 heavy (non-hydrogen) atoms. The smallest absolute Gasteiger partial charge is 0.287 e. The van der Waals surface area contributed by atoms with Crippen molar-refractivity contribution in [2.75, 3.05) is 26.2 Å². The molecule has 1 aromatic heterocycles. The minimum absolute atomic E-state index is 0.196. The van der Waals surface area contributed by atoms with Gasteiger partial charge in [0.05, 0.1) is 6.10 Å². The number of aliphatic hydroxyl groups excluding tert-OH is 1. The summed E-state index contributed by atoms with van der Waals surface area (Å²) in [5.74, 6) is 0.880. The van der Waals surface area contributed by atoms with Crippen LogP contribution < -0.4 is 10.1 Å². The molecule has 2 aromatic rings. The number of benzene rings is 1. The number of rotatable bonds is 7. The Morgan fingerprint density at radius 1 is 1.19 bits per heavy atom. The van der Waals surface area contributed by atoms with Crippen molar-refractivity contribution in [3.05, 3.63) is 29.0 Å². The summed E-state index contributed by atoms with van der Waals surface area (Å²) in [4.78, 5) is 15.2. The van der Waals surface area contributed by atoms with E-state index in [1.165, 1.54) is 12.8 Å². The molecule has 1 unspecified atom stereocenters. The van der Waals surface area contributed by atoms with Gasteiger partial charge in [0.15, 0.2) is 5.76 Å². The summed E-state index contributed by atoms with van der Waals surface area (Å²) in [6, 6.07) is 3.78. The number of aryl methyl sites for hydroxylation is 1. The van der Waals surface area contributed by atoms with Gasteiger partial charge in [0, 0.05) is 29.5 Å². The lowest BCUT2D eigenvalue weighted by Crippen LogP contribution is -2.40. The maximum atomic E-state index is 12.8. The van der Waals surface area contributed by atoms with Gasteiger partial charge in [0.25, 0.3) is 5.91 Å². The molecule has 2 N–H and O–H groups in total. The first-order valence-corrected chi connectivity index (χ1v) is 12.4. The van der Waals surface area contributed by atoms with Crippen molar-refractivity contribution in [3.8, 4) is 5.75 Å². The van der Waals surface area contributed by atoms with E-state index in [0.717, 1.165) is 74.0 Å². The Morgan fingerprint density at radius 3 is 2.59 bits per heavy atom. The average molecular weight is 443 g/mol. The Bertz CT molecular complexity index is 939. The van der Waals surface area contributed by atoms with Crippen LogP contribution in [0.3, 0.4) is 0 Å². The van der Waals surface area contributed by atoms with E-state index < -0.39 is 6.10 Å². The highest BCUT2D eigenvalue weighted by Crippen LogP contribution is 2.49. The molecular formula is C26H38N2O4. The van der Waals surface area contributed by atoms with Crippen LogP contribution in [0.15, 0.2) is 16.5 Å². The molecule has 1 spiro atoms. The SMILES string of the molecule is CCN(CC)CCCNC(=O)c1oc2ccc3c(c2c1C)C(O)CC1(CCCCCC1)O3. The van der Waals surface area contributed by atoms with Gasteiger partial charge in [-0.1, -0.05) is 26.7 Å². The van der Waals surface area contributed by atoms with E-state index in [1.807, 2.05) is 19.1 Å². The fourth-order valence-corrected chi connectivity index (χ4v) is 5.52. The Kier molecular flexibility index (Phi) is 7.11. The highest BCUT2D eigenvalue weighted by atomic mass is 16.5. The Labute approximate surface area is 191 Å². The molecule has 2 heterocycles. The Morgan fingerprint density at radius 2 is 1.91 bits per heavy atom. The first-order chi connectivity index (χ1) is 15.5. The zero-order valence-corrected chi connectivity index (χ0v) is 19.8. The molecule has 0 saturated heterocycles. The van der Waals surface area contributed by atoms with Gasteiger partial charge in [-0.15, -0.1) is 0 Å². The Hall–Kier alpha value is -2.05. The molecule has 2 aliphatic rings. The molecule has 0 radical (unpaired) electrons. The van der Waals surface area contributed by atoms with Crippen molar-refractivity contribution < 1.29 is 19.1 Å². The zero-order chi connectivity index (χ0) is 22.7. The molecule has 6 nitrogen and oxygen atoms in total. The fraction of sp³-hybridized carbons (Fsp3) is 0.654. The van der Waals surface area contributed by atoms with Gasteiger partial charge in [-0.2, -0.15) is 0 Å². The molecule has 1 aromatic carbocycles. The first kappa shape index (κ1) is 23.1. The van der Waals surface area contributed by atoms with Crippen LogP contribution >= 0.6 is 0 Å². The molecule has 1 aliphatic heterocycles. The lowest BCUT2D eigenvalue weighted by Gasteiger charge is -2.40. The molecule has 1 atom stereocenters. The number of aliphatic hydroxyl groups is 1. The number of hydrogen-bond acceptors (Lipinski definition) is 5. The number of carbonyl (C=O) groups excluding carboxylic acids is 1. The standard InChI is InChI=1S/C26H38N2O4/c1-4-28(5-2)16-10-15-27-25(30)24-18(3)22-20(31-24)11-12-21-23(22)19(29)17-26(32-21)13-8-6-7-9-14-26/h11-12,19,29H,4-10,13-17H2,1-3H3,(H,27,30). The predicted octanol–water partition coefficient (Wildman–Crippen LogP) is 5.11. The maximum Gasteiger partial charge on any atom is 0.287 e. The van der Waals surface area contributed by atoms with E-state index in [-0.39, 0.29) is 11.5 Å². The van der Waals surface area contributed by atoms with Gasteiger partial charge in [-0.25, -0.2) is 0 Å². The van der Waals surface area contributed by atoms with Crippen LogP contribution in [0.5, 0.6) is 5.75 Å². The van der Waals surface area contributed by atoms with E-state index in [9.17, 15) is 9.90 Å². The Balaban J connectivity index is 1.54. The summed E-state index contributed by atoms with van der Waals surface area (Å²) in [6.07, 6.45) is 7.65. The molecular weight excluding hydrogens is 404 g/mol. The van der Waals surface area contributed by atoms with Crippen LogP contribution in [0.25, 0.3) is 11.0 Å². The topological polar surface area (TPSA) is 74.9 Å². The van der Waals surface area contributed by atoms with E-state index in [2.05, 4.69) is 24.1 Å². The summed E-state index contributed by atoms with van der Waals surface area (Å²) in [7, 11) is 0. The van der Waals surface area contributed by atoms with Crippen molar-refractivity contribution in [2.45, 2.75) is 83.8 Å². The number of fused-ring (bicyclic) bond motifs is 3. The number of ether oxygens (including phenoxy) is 1. The van der Waals surface area contributed by atoms with Crippen molar-refractivity contribution in [2.24, 2.45) is 0 Å². The van der Waals surface area contributed by atoms with Gasteiger partial charge in [-0.3, -0.25) is 4.79 Å². The van der Waals surface area contributed by atoms with Crippen LogP contribution in [-0.2, 0) is 0 Å². The van der Waals surface area contributed by atoms with Crippen LogP contribution in [0.4, 0.5) is 0 Å². The summed E-state index contributed by atoms with van der Waals surface area (Å²) in [5.41, 5.74) is 1.92. The second kappa shape index (κ2) is 9.84. The molecule has 1 saturated carbocycles. The van der Waals surface area contributed by atoms with E-state index >= 15 is 0 Å². The molecule has 0 bridgehead atoms. The number of nitrogens with one attached hydrogen (secondary N) is 1. The van der Waals surface area contributed by atoms with Gasteiger partial charge >= 0.3 is 0 Å². The molecule has 6 heteroatoms. The largest absolute Gasteiger partial charge is 0.487 e. The normalized spacial score (nSPS) is 20.2. The minimum atomic E-state index is -0.609. The van der Waals surface area contributed by atoms with Crippen LogP contribution in [0.1, 0.15) is 93.0 Å². The molecule has 1 aliphatic carbocycles. The highest BCUT2D eigenvalue weighted by Gasteiger charge is 2.42. The third-order valence-corrected chi connectivity index (χ3v) is 7.37. The number of hydrogen-bond donors (Lipinski definition) is 2. The number of furan rings is 1. The van der Waals surface area contributed by atoms with Crippen molar-refractivity contribution in [1.29, 1.82) is 0 Å². The van der Waals surface area contributed by atoms with E-state index in [4.69, 9.17) is 9.15 Å². The van der Waals surface area contributed by atoms with Crippen molar-refractivity contribution >= 4 is 16.9 Å². The molecule has 1 amide bonds. The monoisotopic (exact) mass is 442 g/mol. The van der Waals surface area contributed by atoms with Crippen LogP contribution in [0, 0.1) is 6.92 Å². The number of carbonyl (C=O) groups is 1. The van der Waals surface area contributed by atoms with Gasteiger partial charge in [0.1, 0.15) is 16.9 Å². The molecule has 4 rings (SSSR count). The lowest BCUT2D eigenvalue weighted by molar-refractivity contribution is -0.0236. The summed E-state index contributed by atoms with van der Waals surface area (Å²) < 4.78 is 12.5. The number of amides is 1. The number of nitrogens with zero attached hydrogens (tertiary/aromatic N) is 1. The third kappa shape index (κ3) is 4.53. The second-order valence-corrected chi connectivity index (χ2v) is 9.46. The van der Waals surface area contributed by atoms with Crippen molar-refractivity contribution in [1.82, 2.24) is 10.2 Å². The van der Waals surface area contributed by atoms with E-state index in [0.29, 0.717) is 24.3 Å². The zero-order valence-electron chi connectivity index (χ0n) is 19.8. The predicted molar refractivity (Wildman–Crippen MR) is 126 cm³/mol. The third-order valence-electron chi connectivity index (χ3n) is 7.37.